The number of benzene rings is 4. The van der Waals surface area contributed by atoms with Crippen LogP contribution in [-0.2, 0) is 25.7 Å². The number of fused-ring (bicyclic) bond motifs is 2. The topological polar surface area (TPSA) is 80.6 Å². The monoisotopic (exact) mass is 609 g/mol. The molecular formula is C37H41N2O6+. The third-order valence-corrected chi connectivity index (χ3v) is 9.99. The smallest absolute Gasteiger partial charge is 0.201 e. The molecule has 234 valence electrons. The summed E-state index contributed by atoms with van der Waals surface area (Å²) in [5.74, 6) is 3.14. The summed E-state index contributed by atoms with van der Waals surface area (Å²) in [6, 6.07) is 19.9. The van der Waals surface area contributed by atoms with E-state index in [1.807, 2.05) is 30.3 Å². The van der Waals surface area contributed by atoms with E-state index in [1.165, 1.54) is 16.7 Å². The maximum Gasteiger partial charge on any atom is 0.201 e. The molecule has 8 rings (SSSR count). The summed E-state index contributed by atoms with van der Waals surface area (Å²) in [5, 5.41) is 22.4. The van der Waals surface area contributed by atoms with Gasteiger partial charge in [0.25, 0.3) is 0 Å². The van der Waals surface area contributed by atoms with Crippen LogP contribution in [0, 0.1) is 0 Å². The first-order valence-corrected chi connectivity index (χ1v) is 15.6. The predicted molar refractivity (Wildman–Crippen MR) is 172 cm³/mol. The standard InChI is InChI=1S/C37H40N2O6/c1-38-14-12-24-19-32(42-4)33-21-27(24)28(38)16-22-6-9-26(10-7-22)44-37-35-25(20-34(43-5)36(37)41)13-15-39(2,3)29(35)17-23-8-11-30(40)31(18-23)45-33/h6-11,18-21,28-29H,12-17H2,1-5H3,(H-,40,41)/p+1/t28-,29-/m0/s1. The van der Waals surface area contributed by atoms with E-state index in [0.29, 0.717) is 45.4 Å². The van der Waals surface area contributed by atoms with Crippen LogP contribution in [0.3, 0.4) is 0 Å². The van der Waals surface area contributed by atoms with E-state index >= 15 is 0 Å². The number of ether oxygens (including phenoxy) is 4. The van der Waals surface area contributed by atoms with Crippen LogP contribution in [-0.4, -0.2) is 68.0 Å². The van der Waals surface area contributed by atoms with Crippen LogP contribution in [0.15, 0.2) is 60.7 Å². The van der Waals surface area contributed by atoms with Gasteiger partial charge in [0, 0.05) is 25.4 Å². The van der Waals surface area contributed by atoms with E-state index in [1.54, 1.807) is 20.3 Å². The average molecular weight is 610 g/mol. The van der Waals surface area contributed by atoms with Gasteiger partial charge in [-0.25, -0.2) is 0 Å². The molecule has 0 amide bonds. The molecule has 0 unspecified atom stereocenters. The second-order valence-corrected chi connectivity index (χ2v) is 13.1. The lowest BCUT2D eigenvalue weighted by Gasteiger charge is -2.43. The second kappa shape index (κ2) is 11.2. The summed E-state index contributed by atoms with van der Waals surface area (Å²) in [4.78, 5) is 2.38. The van der Waals surface area contributed by atoms with Gasteiger partial charge < -0.3 is 33.6 Å². The number of phenolic OH excluding ortho intramolecular Hbond substituents is 2. The minimum absolute atomic E-state index is 0.00157. The van der Waals surface area contributed by atoms with Gasteiger partial charge in [-0.2, -0.15) is 0 Å². The molecule has 4 aromatic carbocycles. The minimum Gasteiger partial charge on any atom is -0.504 e. The highest BCUT2D eigenvalue weighted by molar-refractivity contribution is 5.61. The summed E-state index contributed by atoms with van der Waals surface area (Å²) >= 11 is 0. The average Bonchev–Trinajstić information content (AvgIpc) is 3.03. The van der Waals surface area contributed by atoms with Crippen LogP contribution >= 0.6 is 0 Å². The molecule has 4 heterocycles. The molecule has 4 aliphatic heterocycles. The second-order valence-electron chi connectivity index (χ2n) is 13.1. The fraction of sp³-hybridized carbons (Fsp3) is 0.351. The number of hydrogen-bond donors (Lipinski definition) is 2. The van der Waals surface area contributed by atoms with Gasteiger partial charge in [-0.05, 0) is 90.2 Å². The number of likely N-dealkylation sites (N-methyl/N-ethyl adjacent to an activating group) is 2. The third-order valence-electron chi connectivity index (χ3n) is 9.99. The van der Waals surface area contributed by atoms with Crippen LogP contribution in [0.2, 0.25) is 0 Å². The van der Waals surface area contributed by atoms with Gasteiger partial charge >= 0.3 is 0 Å². The summed E-state index contributed by atoms with van der Waals surface area (Å²) in [6.07, 6.45) is 3.16. The lowest BCUT2D eigenvalue weighted by molar-refractivity contribution is -0.923. The molecule has 6 bridgehead atoms. The molecule has 45 heavy (non-hydrogen) atoms. The molecular weight excluding hydrogens is 568 g/mol. The maximum atomic E-state index is 11.5. The maximum absolute atomic E-state index is 11.5. The molecule has 8 nitrogen and oxygen atoms in total. The Labute approximate surface area is 264 Å². The fourth-order valence-electron chi connectivity index (χ4n) is 7.27. The first-order valence-electron chi connectivity index (χ1n) is 15.6. The molecule has 2 N–H and O–H groups in total. The molecule has 0 aromatic heterocycles. The molecule has 0 fully saturated rings. The highest BCUT2D eigenvalue weighted by Gasteiger charge is 2.41. The highest BCUT2D eigenvalue weighted by Crippen LogP contribution is 2.51. The van der Waals surface area contributed by atoms with Gasteiger partial charge in [0.1, 0.15) is 11.8 Å². The van der Waals surface area contributed by atoms with E-state index in [4.69, 9.17) is 18.9 Å². The van der Waals surface area contributed by atoms with Gasteiger partial charge in [-0.15, -0.1) is 0 Å². The van der Waals surface area contributed by atoms with Gasteiger partial charge in [-0.1, -0.05) is 18.2 Å². The largest absolute Gasteiger partial charge is 0.504 e. The Hall–Kier alpha value is -4.40. The number of nitrogens with zero attached hydrogens (tertiary/aromatic N) is 2. The van der Waals surface area contributed by atoms with Crippen molar-refractivity contribution in [2.45, 2.75) is 37.8 Å². The Morgan fingerprint density at radius 1 is 0.800 bits per heavy atom. The molecule has 0 saturated carbocycles. The van der Waals surface area contributed by atoms with Crippen LogP contribution in [0.4, 0.5) is 0 Å². The van der Waals surface area contributed by atoms with Gasteiger partial charge in [0.15, 0.2) is 34.5 Å². The lowest BCUT2D eigenvalue weighted by atomic mass is 9.86. The third kappa shape index (κ3) is 5.22. The Morgan fingerprint density at radius 3 is 2.29 bits per heavy atom. The molecule has 4 aromatic rings. The van der Waals surface area contributed by atoms with Crippen LogP contribution in [0.1, 0.15) is 45.5 Å². The molecule has 0 saturated heterocycles. The first kappa shape index (κ1) is 29.3. The molecule has 8 heteroatoms. The minimum atomic E-state index is -0.0503. The van der Waals surface area contributed by atoms with Gasteiger partial charge in [0.2, 0.25) is 5.75 Å². The molecule has 2 atom stereocenters. The quantitative estimate of drug-likeness (QED) is 0.245. The molecule has 0 radical (unpaired) electrons. The van der Waals surface area contributed by atoms with Crippen molar-refractivity contribution in [3.05, 3.63) is 94.0 Å². The summed E-state index contributed by atoms with van der Waals surface area (Å²) < 4.78 is 25.2. The zero-order chi connectivity index (χ0) is 31.5. The Bertz CT molecular complexity index is 1770. The number of quaternary nitrogens is 1. The fourth-order valence-corrected chi connectivity index (χ4v) is 7.27. The SMILES string of the molecule is COc1cc2c3cc1Oc1cc(ccc1O)C[C@H]1c4c(cc(OC)c(O)c4Oc4ccc(cc4)C[C@@H]3N(C)CC2)CC[N+]1(C)C. The number of methoxy groups -OCH3 is 2. The number of aromatic hydroxyl groups is 2. The van der Waals surface area contributed by atoms with Crippen LogP contribution < -0.4 is 18.9 Å². The zero-order valence-electron chi connectivity index (χ0n) is 26.6. The van der Waals surface area contributed by atoms with E-state index < -0.39 is 0 Å². The van der Waals surface area contributed by atoms with Crippen LogP contribution in [0.25, 0.3) is 0 Å². The summed E-state index contributed by atoms with van der Waals surface area (Å²) in [6.45, 7) is 1.84. The van der Waals surface area contributed by atoms with Crippen molar-refractivity contribution in [1.29, 1.82) is 0 Å². The van der Waals surface area contributed by atoms with Crippen molar-refractivity contribution in [2.24, 2.45) is 0 Å². The Balaban J connectivity index is 1.43. The highest BCUT2D eigenvalue weighted by atomic mass is 16.5. The Morgan fingerprint density at radius 2 is 1.53 bits per heavy atom. The number of phenols is 2. The lowest BCUT2D eigenvalue weighted by Crippen LogP contribution is -2.48. The number of hydrogen-bond acceptors (Lipinski definition) is 7. The van der Waals surface area contributed by atoms with E-state index in [2.05, 4.69) is 50.3 Å². The van der Waals surface area contributed by atoms with E-state index in [-0.39, 0.29) is 23.6 Å². The molecule has 4 aliphatic rings. The van der Waals surface area contributed by atoms with Gasteiger partial charge in [-0.3, -0.25) is 4.90 Å². The Kier molecular flexibility index (Phi) is 7.29. The molecule has 0 aliphatic carbocycles. The summed E-state index contributed by atoms with van der Waals surface area (Å²) in [5.41, 5.74) is 6.66. The normalized spacial score (nSPS) is 20.2. The number of rotatable bonds is 2. The van der Waals surface area contributed by atoms with Crippen LogP contribution in [0.5, 0.6) is 46.0 Å². The van der Waals surface area contributed by atoms with Crippen molar-refractivity contribution >= 4 is 0 Å². The zero-order valence-corrected chi connectivity index (χ0v) is 26.6. The predicted octanol–water partition coefficient (Wildman–Crippen LogP) is 6.70. The summed E-state index contributed by atoms with van der Waals surface area (Å²) in [7, 11) is 9.80. The van der Waals surface area contributed by atoms with Crippen molar-refractivity contribution in [2.75, 3.05) is 48.5 Å². The molecule has 0 spiro atoms. The van der Waals surface area contributed by atoms with Crippen molar-refractivity contribution in [1.82, 2.24) is 4.90 Å². The van der Waals surface area contributed by atoms with Crippen molar-refractivity contribution in [3.63, 3.8) is 0 Å². The van der Waals surface area contributed by atoms with Crippen molar-refractivity contribution in [3.8, 4) is 46.0 Å². The van der Waals surface area contributed by atoms with E-state index in [9.17, 15) is 10.2 Å². The van der Waals surface area contributed by atoms with E-state index in [0.717, 1.165) is 49.0 Å². The van der Waals surface area contributed by atoms with Crippen molar-refractivity contribution < 1.29 is 33.6 Å². The van der Waals surface area contributed by atoms with Gasteiger partial charge in [0.05, 0.1) is 40.4 Å². The first-order chi connectivity index (χ1) is 21.6.